The lowest BCUT2D eigenvalue weighted by Gasteiger charge is -2.19. The Kier molecular flexibility index (Phi) is 4.30. The number of nitrogens with zero attached hydrogens (tertiary/aromatic N) is 5. The lowest BCUT2D eigenvalue weighted by molar-refractivity contribution is 0.0586. The number of hydrogen-bond acceptors (Lipinski definition) is 7. The quantitative estimate of drug-likeness (QED) is 0.479. The van der Waals surface area contributed by atoms with Crippen molar-refractivity contribution in [3.8, 4) is 0 Å². The summed E-state index contributed by atoms with van der Waals surface area (Å²) >= 11 is 1.47. The molecular weight excluding hydrogens is 302 g/mol. The number of hydrogen-bond donors (Lipinski definition) is 0. The highest BCUT2D eigenvalue weighted by molar-refractivity contribution is 7.98. The number of likely N-dealkylation sites (N-methyl/N-ethyl adjacent to an activating group) is 1. The highest BCUT2D eigenvalue weighted by atomic mass is 32.2. The predicted octanol–water partition coefficient (Wildman–Crippen LogP) is 1.43. The standard InChI is InChI=1S/C14H19N5O2S/c1-18-6-4-5-9(18)8-19-12-10(7-15-19)13(22-3)17-11(16-12)14(20)21-2/h7,9H,4-6,8H2,1-3H3. The molecule has 1 saturated heterocycles. The summed E-state index contributed by atoms with van der Waals surface area (Å²) < 4.78 is 6.61. The van der Waals surface area contributed by atoms with Crippen molar-refractivity contribution in [2.45, 2.75) is 30.5 Å². The predicted molar refractivity (Wildman–Crippen MR) is 84.1 cm³/mol. The third-order valence-corrected chi connectivity index (χ3v) is 4.78. The van der Waals surface area contributed by atoms with Crippen LogP contribution in [0.5, 0.6) is 0 Å². The Morgan fingerprint density at radius 1 is 1.50 bits per heavy atom. The summed E-state index contributed by atoms with van der Waals surface area (Å²) in [6, 6.07) is 0.456. The van der Waals surface area contributed by atoms with Crippen LogP contribution in [0.1, 0.15) is 23.5 Å². The van der Waals surface area contributed by atoms with E-state index < -0.39 is 5.97 Å². The Morgan fingerprint density at radius 3 is 2.95 bits per heavy atom. The molecule has 0 N–H and O–H groups in total. The zero-order chi connectivity index (χ0) is 15.7. The molecule has 0 aliphatic carbocycles. The second-order valence-corrected chi connectivity index (χ2v) is 6.18. The van der Waals surface area contributed by atoms with Crippen molar-refractivity contribution in [2.24, 2.45) is 0 Å². The van der Waals surface area contributed by atoms with Gasteiger partial charge in [-0.25, -0.2) is 19.4 Å². The van der Waals surface area contributed by atoms with Crippen LogP contribution in [-0.2, 0) is 11.3 Å². The van der Waals surface area contributed by atoms with Crippen LogP contribution in [0.3, 0.4) is 0 Å². The number of methoxy groups -OCH3 is 1. The molecule has 0 spiro atoms. The average molecular weight is 321 g/mol. The van der Waals surface area contributed by atoms with Gasteiger partial charge in [0.25, 0.3) is 0 Å². The zero-order valence-corrected chi connectivity index (χ0v) is 13.8. The van der Waals surface area contributed by atoms with Gasteiger partial charge in [-0.1, -0.05) is 0 Å². The molecule has 22 heavy (non-hydrogen) atoms. The van der Waals surface area contributed by atoms with E-state index in [-0.39, 0.29) is 5.82 Å². The molecule has 0 bridgehead atoms. The van der Waals surface area contributed by atoms with Gasteiger partial charge in [-0.2, -0.15) is 5.10 Å². The summed E-state index contributed by atoms with van der Waals surface area (Å²) in [7, 11) is 3.46. The maximum Gasteiger partial charge on any atom is 0.376 e. The minimum Gasteiger partial charge on any atom is -0.463 e. The second kappa shape index (κ2) is 6.21. The van der Waals surface area contributed by atoms with Crippen molar-refractivity contribution in [3.63, 3.8) is 0 Å². The van der Waals surface area contributed by atoms with Crippen LogP contribution >= 0.6 is 11.8 Å². The van der Waals surface area contributed by atoms with Gasteiger partial charge in [0.2, 0.25) is 5.82 Å². The summed E-state index contributed by atoms with van der Waals surface area (Å²) in [5.74, 6) is -0.441. The van der Waals surface area contributed by atoms with Crippen LogP contribution in [0.4, 0.5) is 0 Å². The number of fused-ring (bicyclic) bond motifs is 1. The summed E-state index contributed by atoms with van der Waals surface area (Å²) in [5.41, 5.74) is 0.694. The maximum absolute atomic E-state index is 11.8. The van der Waals surface area contributed by atoms with Crippen LogP contribution in [0.25, 0.3) is 11.0 Å². The first-order valence-electron chi connectivity index (χ1n) is 7.20. The van der Waals surface area contributed by atoms with E-state index in [1.54, 1.807) is 6.20 Å². The molecular formula is C14H19N5O2S. The molecule has 3 heterocycles. The van der Waals surface area contributed by atoms with Crippen molar-refractivity contribution >= 4 is 28.8 Å². The summed E-state index contributed by atoms with van der Waals surface area (Å²) in [6.07, 6.45) is 6.06. The van der Waals surface area contributed by atoms with E-state index in [4.69, 9.17) is 4.74 Å². The van der Waals surface area contributed by atoms with E-state index in [1.165, 1.54) is 25.3 Å². The first-order chi connectivity index (χ1) is 10.6. The molecule has 1 fully saturated rings. The number of rotatable bonds is 4. The molecule has 1 aliphatic rings. The maximum atomic E-state index is 11.8. The van der Waals surface area contributed by atoms with Crippen LogP contribution in [0.2, 0.25) is 0 Å². The number of thioether (sulfide) groups is 1. The molecule has 118 valence electrons. The van der Waals surface area contributed by atoms with Gasteiger partial charge in [0.1, 0.15) is 5.03 Å². The summed E-state index contributed by atoms with van der Waals surface area (Å²) in [5, 5.41) is 6.07. The minimum absolute atomic E-state index is 0.0841. The van der Waals surface area contributed by atoms with Crippen LogP contribution < -0.4 is 0 Å². The molecule has 8 heteroatoms. The molecule has 1 unspecified atom stereocenters. The van der Waals surface area contributed by atoms with E-state index in [0.717, 1.165) is 29.9 Å². The first kappa shape index (κ1) is 15.2. The summed E-state index contributed by atoms with van der Waals surface area (Å²) in [6.45, 7) is 1.88. The molecule has 0 radical (unpaired) electrons. The molecule has 0 aromatic carbocycles. The first-order valence-corrected chi connectivity index (χ1v) is 8.42. The fourth-order valence-corrected chi connectivity index (χ4v) is 3.35. The van der Waals surface area contributed by atoms with Crippen molar-refractivity contribution in [3.05, 3.63) is 12.0 Å². The number of ether oxygens (including phenoxy) is 1. The Hall–Kier alpha value is -1.67. The Bertz CT molecular complexity index is 702. The molecule has 1 atom stereocenters. The third-order valence-electron chi connectivity index (χ3n) is 4.08. The van der Waals surface area contributed by atoms with Gasteiger partial charge < -0.3 is 9.64 Å². The number of carbonyl (C=O) groups is 1. The third kappa shape index (κ3) is 2.68. The minimum atomic E-state index is -0.525. The zero-order valence-electron chi connectivity index (χ0n) is 12.9. The van der Waals surface area contributed by atoms with Gasteiger partial charge in [-0.15, -0.1) is 11.8 Å². The van der Waals surface area contributed by atoms with Crippen molar-refractivity contribution in [1.29, 1.82) is 0 Å². The van der Waals surface area contributed by atoms with Crippen LogP contribution in [0.15, 0.2) is 11.2 Å². The lowest BCUT2D eigenvalue weighted by atomic mass is 10.2. The number of esters is 1. The number of likely N-dealkylation sites (tertiary alicyclic amines) is 1. The molecule has 1 aliphatic heterocycles. The highest BCUT2D eigenvalue weighted by Crippen LogP contribution is 2.25. The summed E-state index contributed by atoms with van der Waals surface area (Å²) in [4.78, 5) is 22.7. The fraction of sp³-hybridized carbons (Fsp3) is 0.571. The topological polar surface area (TPSA) is 73.1 Å². The largest absolute Gasteiger partial charge is 0.463 e. The molecule has 0 amide bonds. The van der Waals surface area contributed by atoms with Gasteiger partial charge in [-0.05, 0) is 32.7 Å². The highest BCUT2D eigenvalue weighted by Gasteiger charge is 2.24. The second-order valence-electron chi connectivity index (χ2n) is 5.39. The fourth-order valence-electron chi connectivity index (χ4n) is 2.81. The van der Waals surface area contributed by atoms with Crippen LogP contribution in [0, 0.1) is 0 Å². The number of carbonyl (C=O) groups excluding carboxylic acids is 1. The van der Waals surface area contributed by atoms with Gasteiger partial charge in [0.15, 0.2) is 5.65 Å². The lowest BCUT2D eigenvalue weighted by Crippen LogP contribution is -2.29. The molecule has 2 aromatic rings. The van der Waals surface area contributed by atoms with Crippen molar-refractivity contribution in [2.75, 3.05) is 27.0 Å². The monoisotopic (exact) mass is 321 g/mol. The molecule has 7 nitrogen and oxygen atoms in total. The Morgan fingerprint density at radius 2 is 2.32 bits per heavy atom. The number of aromatic nitrogens is 4. The van der Waals surface area contributed by atoms with Gasteiger partial charge in [0, 0.05) is 6.04 Å². The normalized spacial score (nSPS) is 19.0. The van der Waals surface area contributed by atoms with Gasteiger partial charge in [-0.3, -0.25) is 0 Å². The van der Waals surface area contributed by atoms with Crippen molar-refractivity contribution < 1.29 is 9.53 Å². The SMILES string of the molecule is COC(=O)c1nc(SC)c2cnn(CC3CCCN3C)c2n1. The van der Waals surface area contributed by atoms with E-state index >= 15 is 0 Å². The Labute approximate surface area is 133 Å². The van der Waals surface area contributed by atoms with E-state index in [2.05, 4.69) is 27.0 Å². The Balaban J connectivity index is 2.02. The van der Waals surface area contributed by atoms with Gasteiger partial charge in [0.05, 0.1) is 25.2 Å². The van der Waals surface area contributed by atoms with E-state index in [9.17, 15) is 4.79 Å². The smallest absolute Gasteiger partial charge is 0.376 e. The van der Waals surface area contributed by atoms with E-state index in [0.29, 0.717) is 11.7 Å². The van der Waals surface area contributed by atoms with Crippen LogP contribution in [-0.4, -0.2) is 63.6 Å². The molecule has 2 aromatic heterocycles. The van der Waals surface area contributed by atoms with Crippen molar-refractivity contribution in [1.82, 2.24) is 24.6 Å². The average Bonchev–Trinajstić information content (AvgIpc) is 3.13. The van der Waals surface area contributed by atoms with Gasteiger partial charge >= 0.3 is 5.97 Å². The molecule has 3 rings (SSSR count). The van der Waals surface area contributed by atoms with E-state index in [1.807, 2.05) is 10.9 Å². The molecule has 0 saturated carbocycles.